The van der Waals surface area contributed by atoms with Crippen LogP contribution in [0.15, 0.2) is 30.6 Å². The van der Waals surface area contributed by atoms with Gasteiger partial charge >= 0.3 is 0 Å². The lowest BCUT2D eigenvalue weighted by atomic mass is 10.0. The van der Waals surface area contributed by atoms with Crippen LogP contribution in [-0.4, -0.2) is 51.6 Å². The summed E-state index contributed by atoms with van der Waals surface area (Å²) in [7, 11) is 0. The van der Waals surface area contributed by atoms with E-state index in [9.17, 15) is 9.90 Å². The predicted octanol–water partition coefficient (Wildman–Crippen LogP) is 3.81. The summed E-state index contributed by atoms with van der Waals surface area (Å²) in [5.74, 6) is -0.358. The average Bonchev–Trinajstić information content (AvgIpc) is 3.24. The van der Waals surface area contributed by atoms with E-state index < -0.39 is 6.04 Å². The molecule has 1 aliphatic rings. The number of carbonyl (C=O) groups is 1. The van der Waals surface area contributed by atoms with Gasteiger partial charge in [-0.1, -0.05) is 29.3 Å². The molecular weight excluding hydrogens is 453 g/mol. The summed E-state index contributed by atoms with van der Waals surface area (Å²) in [4.78, 5) is 17.8. The van der Waals surface area contributed by atoms with Crippen molar-refractivity contribution in [3.05, 3.63) is 51.8 Å². The molecule has 1 aliphatic heterocycles. The highest BCUT2D eigenvalue weighted by Gasteiger charge is 2.24. The van der Waals surface area contributed by atoms with Gasteiger partial charge in [0, 0.05) is 32.0 Å². The van der Waals surface area contributed by atoms with Crippen LogP contribution >= 0.6 is 23.2 Å². The largest absolute Gasteiger partial charge is 0.394 e. The second-order valence-electron chi connectivity index (χ2n) is 7.66. The molecule has 170 valence electrons. The van der Waals surface area contributed by atoms with Crippen LogP contribution in [0.3, 0.4) is 0 Å². The van der Waals surface area contributed by atoms with Crippen LogP contribution in [0.2, 0.25) is 10.0 Å². The number of nitrogens with zero attached hydrogens (tertiary/aromatic N) is 3. The van der Waals surface area contributed by atoms with Gasteiger partial charge in [0.15, 0.2) is 5.65 Å². The first-order chi connectivity index (χ1) is 15.5. The minimum Gasteiger partial charge on any atom is -0.394 e. The van der Waals surface area contributed by atoms with Gasteiger partial charge in [-0.3, -0.25) is 4.79 Å². The Balaban J connectivity index is 1.67. The van der Waals surface area contributed by atoms with E-state index in [0.717, 1.165) is 18.2 Å². The lowest BCUT2D eigenvalue weighted by molar-refractivity contribution is 0.0901. The molecule has 3 aromatic rings. The molecule has 10 heteroatoms. The van der Waals surface area contributed by atoms with Gasteiger partial charge in [0.1, 0.15) is 0 Å². The highest BCUT2D eigenvalue weighted by molar-refractivity contribution is 6.42. The lowest BCUT2D eigenvalue weighted by Gasteiger charge is -2.26. The number of carbonyl (C=O) groups excluding carboxylic acids is 1. The van der Waals surface area contributed by atoms with E-state index in [1.165, 1.54) is 0 Å². The van der Waals surface area contributed by atoms with E-state index in [-0.39, 0.29) is 18.6 Å². The van der Waals surface area contributed by atoms with Gasteiger partial charge in [-0.05, 0) is 37.5 Å². The Labute approximate surface area is 195 Å². The number of rotatable bonds is 7. The normalized spacial score (nSPS) is 15.6. The van der Waals surface area contributed by atoms with Crippen molar-refractivity contribution in [2.45, 2.75) is 38.4 Å². The third kappa shape index (κ3) is 4.68. The summed E-state index contributed by atoms with van der Waals surface area (Å²) in [6.07, 6.45) is 4.97. The molecule has 8 nitrogen and oxygen atoms in total. The van der Waals surface area contributed by atoms with E-state index in [0.29, 0.717) is 52.3 Å². The van der Waals surface area contributed by atoms with Gasteiger partial charge in [0.05, 0.1) is 45.5 Å². The molecule has 0 radical (unpaired) electrons. The van der Waals surface area contributed by atoms with Crippen molar-refractivity contribution in [1.29, 1.82) is 0 Å². The number of amides is 1. The molecule has 0 bridgehead atoms. The molecule has 3 N–H and O–H groups in total. The fraction of sp³-hybridized carbons (Fsp3) is 0.409. The molecule has 1 unspecified atom stereocenters. The Hall–Kier alpha value is -2.39. The van der Waals surface area contributed by atoms with Crippen LogP contribution in [0.1, 0.15) is 41.7 Å². The summed E-state index contributed by atoms with van der Waals surface area (Å²) >= 11 is 12.1. The molecule has 1 saturated heterocycles. The standard InChI is InChI=1S/C22H25Cl2N5O3/c1-2-29-21-15(11-26-29)20(27-14-5-7-32-8-6-14)16(10-25-21)22(31)28-19(12-30)13-3-4-17(23)18(24)9-13/h3-4,9-11,14,19,30H,2,5-8,12H2,1H3,(H,25,27)(H,28,31). The number of anilines is 1. The third-order valence-electron chi connectivity index (χ3n) is 5.61. The maximum absolute atomic E-state index is 13.3. The molecule has 1 amide bonds. The van der Waals surface area contributed by atoms with Crippen molar-refractivity contribution >= 4 is 45.8 Å². The molecule has 1 atom stereocenters. The van der Waals surface area contributed by atoms with E-state index in [4.69, 9.17) is 27.9 Å². The quantitative estimate of drug-likeness (QED) is 0.478. The molecular formula is C22H25Cl2N5O3. The fourth-order valence-electron chi connectivity index (χ4n) is 3.83. The number of aliphatic hydroxyl groups excluding tert-OH is 1. The molecule has 32 heavy (non-hydrogen) atoms. The first-order valence-corrected chi connectivity index (χ1v) is 11.3. The van der Waals surface area contributed by atoms with Crippen molar-refractivity contribution in [3.8, 4) is 0 Å². The SMILES string of the molecule is CCn1ncc2c(NC3CCOCC3)c(C(=O)NC(CO)c3ccc(Cl)c(Cl)c3)cnc21. The van der Waals surface area contributed by atoms with Crippen LogP contribution in [0.4, 0.5) is 5.69 Å². The summed E-state index contributed by atoms with van der Waals surface area (Å²) in [5, 5.41) is 22.3. The van der Waals surface area contributed by atoms with Gasteiger partial charge in [-0.2, -0.15) is 5.10 Å². The second-order valence-corrected chi connectivity index (χ2v) is 8.47. The zero-order chi connectivity index (χ0) is 22.7. The topological polar surface area (TPSA) is 101 Å². The number of hydrogen-bond acceptors (Lipinski definition) is 6. The van der Waals surface area contributed by atoms with E-state index >= 15 is 0 Å². The summed E-state index contributed by atoms with van der Waals surface area (Å²) in [5.41, 5.74) is 2.44. The van der Waals surface area contributed by atoms with Crippen LogP contribution in [0, 0.1) is 0 Å². The molecule has 2 aromatic heterocycles. The first kappa shape index (κ1) is 22.8. The Morgan fingerprint density at radius 2 is 2.06 bits per heavy atom. The van der Waals surface area contributed by atoms with Crippen molar-refractivity contribution in [2.24, 2.45) is 0 Å². The van der Waals surface area contributed by atoms with Gasteiger partial charge in [0.2, 0.25) is 0 Å². The summed E-state index contributed by atoms with van der Waals surface area (Å²) in [6.45, 7) is 3.71. The number of benzene rings is 1. The number of halogens is 2. The van der Waals surface area contributed by atoms with Crippen LogP contribution in [0.5, 0.6) is 0 Å². The Morgan fingerprint density at radius 3 is 2.75 bits per heavy atom. The monoisotopic (exact) mass is 477 g/mol. The number of hydrogen-bond donors (Lipinski definition) is 3. The predicted molar refractivity (Wildman–Crippen MR) is 124 cm³/mol. The summed E-state index contributed by atoms with van der Waals surface area (Å²) in [6, 6.07) is 4.53. The van der Waals surface area contributed by atoms with Gasteiger partial charge in [-0.25, -0.2) is 9.67 Å². The molecule has 0 saturated carbocycles. The zero-order valence-corrected chi connectivity index (χ0v) is 19.2. The Kier molecular flexibility index (Phi) is 7.15. The highest BCUT2D eigenvalue weighted by atomic mass is 35.5. The van der Waals surface area contributed by atoms with Gasteiger partial charge in [0.25, 0.3) is 5.91 Å². The fourth-order valence-corrected chi connectivity index (χ4v) is 4.14. The lowest BCUT2D eigenvalue weighted by Crippen LogP contribution is -2.33. The molecule has 4 rings (SSSR count). The molecule has 3 heterocycles. The average molecular weight is 478 g/mol. The minimum atomic E-state index is -0.651. The number of aromatic nitrogens is 3. The van der Waals surface area contributed by atoms with Crippen molar-refractivity contribution < 1.29 is 14.6 Å². The Morgan fingerprint density at radius 1 is 1.28 bits per heavy atom. The molecule has 1 fully saturated rings. The van der Waals surface area contributed by atoms with Crippen molar-refractivity contribution in [3.63, 3.8) is 0 Å². The summed E-state index contributed by atoms with van der Waals surface area (Å²) < 4.78 is 7.25. The third-order valence-corrected chi connectivity index (χ3v) is 6.35. The number of nitrogens with one attached hydrogen (secondary N) is 2. The van der Waals surface area contributed by atoms with E-state index in [1.807, 2.05) is 6.92 Å². The number of fused-ring (bicyclic) bond motifs is 1. The van der Waals surface area contributed by atoms with E-state index in [2.05, 4.69) is 20.7 Å². The molecule has 0 aliphatic carbocycles. The minimum absolute atomic E-state index is 0.176. The number of aliphatic hydroxyl groups is 1. The molecule has 0 spiro atoms. The number of aryl methyl sites for hydroxylation is 1. The number of ether oxygens (including phenoxy) is 1. The van der Waals surface area contributed by atoms with Gasteiger partial charge < -0.3 is 20.5 Å². The smallest absolute Gasteiger partial charge is 0.255 e. The van der Waals surface area contributed by atoms with Crippen molar-refractivity contribution in [2.75, 3.05) is 25.1 Å². The number of pyridine rings is 1. The van der Waals surface area contributed by atoms with Crippen molar-refractivity contribution in [1.82, 2.24) is 20.1 Å². The van der Waals surface area contributed by atoms with Crippen LogP contribution in [-0.2, 0) is 11.3 Å². The van der Waals surface area contributed by atoms with Crippen LogP contribution in [0.25, 0.3) is 11.0 Å². The maximum Gasteiger partial charge on any atom is 0.255 e. The highest BCUT2D eigenvalue weighted by Crippen LogP contribution is 2.30. The second kappa shape index (κ2) is 10.0. The Bertz CT molecular complexity index is 1110. The van der Waals surface area contributed by atoms with Gasteiger partial charge in [-0.15, -0.1) is 0 Å². The first-order valence-electron chi connectivity index (χ1n) is 10.6. The molecule has 1 aromatic carbocycles. The van der Waals surface area contributed by atoms with Crippen LogP contribution < -0.4 is 10.6 Å². The van der Waals surface area contributed by atoms with E-state index in [1.54, 1.807) is 35.3 Å². The zero-order valence-electron chi connectivity index (χ0n) is 17.6. The maximum atomic E-state index is 13.3.